The fourth-order valence-corrected chi connectivity index (χ4v) is 1.18. The number of anilines is 1. The number of hydrogen-bond acceptors (Lipinski definition) is 1. The summed E-state index contributed by atoms with van der Waals surface area (Å²) in [6.07, 6.45) is 3.70. The predicted molar refractivity (Wildman–Crippen MR) is 55.3 cm³/mol. The van der Waals surface area contributed by atoms with Crippen molar-refractivity contribution in [2.45, 2.75) is 19.9 Å². The number of aromatic nitrogens is 1. The van der Waals surface area contributed by atoms with Crippen LogP contribution in [0.4, 0.5) is 5.69 Å². The molecule has 0 aliphatic carbocycles. The van der Waals surface area contributed by atoms with Crippen LogP contribution >= 0.6 is 12.2 Å². The van der Waals surface area contributed by atoms with Crippen LogP contribution in [0.15, 0.2) is 18.5 Å². The highest BCUT2D eigenvalue weighted by molar-refractivity contribution is 7.80. The standard InChI is InChI=1S/C8H13N3S/c1-6(2)10-8(12)11-7-3-4-9-5-7/h3-6,9H,1-2H3,(H2,10,11,12). The summed E-state index contributed by atoms with van der Waals surface area (Å²) in [7, 11) is 0. The maximum Gasteiger partial charge on any atom is 0.171 e. The van der Waals surface area contributed by atoms with Crippen molar-refractivity contribution in [2.24, 2.45) is 0 Å². The van der Waals surface area contributed by atoms with Gasteiger partial charge >= 0.3 is 0 Å². The van der Waals surface area contributed by atoms with Crippen LogP contribution < -0.4 is 10.6 Å². The molecule has 0 bridgehead atoms. The SMILES string of the molecule is CC(C)NC(=S)Nc1cc[nH]c1. The van der Waals surface area contributed by atoms with Crippen molar-refractivity contribution in [1.29, 1.82) is 0 Å². The molecule has 0 atom stereocenters. The molecule has 4 heteroatoms. The largest absolute Gasteiger partial charge is 0.366 e. The van der Waals surface area contributed by atoms with Crippen LogP contribution in [0.5, 0.6) is 0 Å². The summed E-state index contributed by atoms with van der Waals surface area (Å²) in [5, 5.41) is 6.79. The first-order chi connectivity index (χ1) is 5.68. The molecule has 1 aromatic heterocycles. The average Bonchev–Trinajstić information content (AvgIpc) is 2.37. The summed E-state index contributed by atoms with van der Waals surface area (Å²) >= 11 is 5.04. The molecule has 0 spiro atoms. The van der Waals surface area contributed by atoms with E-state index < -0.39 is 0 Å². The Morgan fingerprint density at radius 3 is 2.83 bits per heavy atom. The van der Waals surface area contributed by atoms with Gasteiger partial charge in [0, 0.05) is 18.4 Å². The Morgan fingerprint density at radius 2 is 2.33 bits per heavy atom. The van der Waals surface area contributed by atoms with E-state index in [1.807, 2.05) is 32.3 Å². The second kappa shape index (κ2) is 4.11. The maximum absolute atomic E-state index is 5.04. The van der Waals surface area contributed by atoms with E-state index in [0.717, 1.165) is 5.69 Å². The highest BCUT2D eigenvalue weighted by Gasteiger charge is 1.98. The Morgan fingerprint density at radius 1 is 1.58 bits per heavy atom. The third-order valence-electron chi connectivity index (χ3n) is 1.28. The molecule has 0 radical (unpaired) electrons. The van der Waals surface area contributed by atoms with Gasteiger partial charge in [-0.1, -0.05) is 0 Å². The van der Waals surface area contributed by atoms with E-state index in [1.54, 1.807) is 0 Å². The first-order valence-corrected chi connectivity index (χ1v) is 4.29. The highest BCUT2D eigenvalue weighted by Crippen LogP contribution is 2.02. The van der Waals surface area contributed by atoms with E-state index in [-0.39, 0.29) is 0 Å². The molecule has 0 aromatic carbocycles. The molecule has 0 aliphatic rings. The average molecular weight is 183 g/mol. The Bertz CT molecular complexity index is 241. The van der Waals surface area contributed by atoms with E-state index in [2.05, 4.69) is 15.6 Å². The van der Waals surface area contributed by atoms with Gasteiger partial charge in [0.1, 0.15) is 0 Å². The number of rotatable bonds is 2. The molecule has 0 unspecified atom stereocenters. The molecule has 66 valence electrons. The van der Waals surface area contributed by atoms with Crippen LogP contribution in [-0.4, -0.2) is 16.1 Å². The molecule has 0 amide bonds. The fourth-order valence-electron chi connectivity index (χ4n) is 0.831. The van der Waals surface area contributed by atoms with Gasteiger partial charge in [0.2, 0.25) is 0 Å². The molecule has 1 heterocycles. The Kier molecular flexibility index (Phi) is 3.10. The van der Waals surface area contributed by atoms with E-state index in [1.165, 1.54) is 0 Å². The minimum Gasteiger partial charge on any atom is -0.366 e. The number of H-pyrrole nitrogens is 1. The molecule has 12 heavy (non-hydrogen) atoms. The van der Waals surface area contributed by atoms with Crippen molar-refractivity contribution < 1.29 is 0 Å². The van der Waals surface area contributed by atoms with E-state index in [4.69, 9.17) is 12.2 Å². The van der Waals surface area contributed by atoms with Crippen LogP contribution in [0, 0.1) is 0 Å². The summed E-state index contributed by atoms with van der Waals surface area (Å²) in [4.78, 5) is 2.94. The maximum atomic E-state index is 5.04. The molecular formula is C8H13N3S. The molecule has 0 saturated carbocycles. The summed E-state index contributed by atoms with van der Waals surface area (Å²) < 4.78 is 0. The minimum absolute atomic E-state index is 0.365. The molecular weight excluding hydrogens is 170 g/mol. The quantitative estimate of drug-likeness (QED) is 0.611. The minimum atomic E-state index is 0.365. The number of thiocarbonyl (C=S) groups is 1. The van der Waals surface area contributed by atoms with Gasteiger partial charge in [-0.15, -0.1) is 0 Å². The van der Waals surface area contributed by atoms with Crippen molar-refractivity contribution in [3.8, 4) is 0 Å². The lowest BCUT2D eigenvalue weighted by Crippen LogP contribution is -2.33. The summed E-state index contributed by atoms with van der Waals surface area (Å²) in [6.45, 7) is 4.09. The number of nitrogens with one attached hydrogen (secondary N) is 3. The second-order valence-corrected chi connectivity index (χ2v) is 3.26. The molecule has 3 N–H and O–H groups in total. The van der Waals surface area contributed by atoms with Crippen LogP contribution in [0.3, 0.4) is 0 Å². The topological polar surface area (TPSA) is 39.8 Å². The van der Waals surface area contributed by atoms with Gasteiger partial charge in [-0.2, -0.15) is 0 Å². The summed E-state index contributed by atoms with van der Waals surface area (Å²) in [6, 6.07) is 2.29. The lowest BCUT2D eigenvalue weighted by molar-refractivity contribution is 0.739. The van der Waals surface area contributed by atoms with E-state index >= 15 is 0 Å². The van der Waals surface area contributed by atoms with Crippen LogP contribution in [-0.2, 0) is 0 Å². The third-order valence-corrected chi connectivity index (χ3v) is 1.50. The third kappa shape index (κ3) is 2.92. The predicted octanol–water partition coefficient (Wildman–Crippen LogP) is 1.71. The van der Waals surface area contributed by atoms with Gasteiger partial charge < -0.3 is 15.6 Å². The lowest BCUT2D eigenvalue weighted by atomic mass is 10.4. The van der Waals surface area contributed by atoms with Gasteiger partial charge in [-0.25, -0.2) is 0 Å². The molecule has 0 aliphatic heterocycles. The molecule has 0 fully saturated rings. The van der Waals surface area contributed by atoms with Crippen molar-refractivity contribution in [1.82, 2.24) is 10.3 Å². The van der Waals surface area contributed by atoms with Crippen LogP contribution in [0.1, 0.15) is 13.8 Å². The lowest BCUT2D eigenvalue weighted by Gasteiger charge is -2.11. The molecule has 1 rings (SSSR count). The smallest absolute Gasteiger partial charge is 0.171 e. The fraction of sp³-hybridized carbons (Fsp3) is 0.375. The van der Waals surface area contributed by atoms with E-state index in [0.29, 0.717) is 11.2 Å². The molecule has 0 saturated heterocycles. The van der Waals surface area contributed by atoms with E-state index in [9.17, 15) is 0 Å². The summed E-state index contributed by atoms with van der Waals surface area (Å²) in [5.41, 5.74) is 0.980. The van der Waals surface area contributed by atoms with Gasteiger partial charge in [-0.3, -0.25) is 0 Å². The van der Waals surface area contributed by atoms with Gasteiger partial charge in [-0.05, 0) is 32.1 Å². The van der Waals surface area contributed by atoms with Gasteiger partial charge in [0.25, 0.3) is 0 Å². The highest BCUT2D eigenvalue weighted by atomic mass is 32.1. The van der Waals surface area contributed by atoms with Gasteiger partial charge in [0.05, 0.1) is 5.69 Å². The van der Waals surface area contributed by atoms with Crippen molar-refractivity contribution >= 4 is 23.0 Å². The zero-order valence-electron chi connectivity index (χ0n) is 7.22. The first kappa shape index (κ1) is 9.06. The van der Waals surface area contributed by atoms with Crippen molar-refractivity contribution in [2.75, 3.05) is 5.32 Å². The first-order valence-electron chi connectivity index (χ1n) is 3.89. The number of hydrogen-bond donors (Lipinski definition) is 3. The van der Waals surface area contributed by atoms with Crippen LogP contribution in [0.25, 0.3) is 0 Å². The molecule has 1 aromatic rings. The van der Waals surface area contributed by atoms with Crippen molar-refractivity contribution in [3.05, 3.63) is 18.5 Å². The zero-order valence-corrected chi connectivity index (χ0v) is 8.03. The van der Waals surface area contributed by atoms with Crippen molar-refractivity contribution in [3.63, 3.8) is 0 Å². The molecule has 3 nitrogen and oxygen atoms in total. The summed E-state index contributed by atoms with van der Waals surface area (Å²) in [5.74, 6) is 0. The zero-order chi connectivity index (χ0) is 8.97. The Balaban J connectivity index is 2.37. The van der Waals surface area contributed by atoms with Gasteiger partial charge in [0.15, 0.2) is 5.11 Å². The Hall–Kier alpha value is -1.03. The number of aromatic amines is 1. The van der Waals surface area contributed by atoms with Crippen LogP contribution in [0.2, 0.25) is 0 Å². The monoisotopic (exact) mass is 183 g/mol. The normalized spacial score (nSPS) is 9.92. The Labute approximate surface area is 77.6 Å². The second-order valence-electron chi connectivity index (χ2n) is 2.85.